The van der Waals surface area contributed by atoms with Crippen molar-refractivity contribution in [3.05, 3.63) is 46.8 Å². The molecule has 1 aromatic carbocycles. The maximum Gasteiger partial charge on any atom is 0.280 e. The minimum atomic E-state index is -3.55. The number of aromatic nitrogens is 2. The highest BCUT2D eigenvalue weighted by atomic mass is 32.2. The summed E-state index contributed by atoms with van der Waals surface area (Å²) in [6, 6.07) is 5.86. The van der Waals surface area contributed by atoms with E-state index in [-0.39, 0.29) is 17.1 Å². The van der Waals surface area contributed by atoms with Crippen LogP contribution in [0.15, 0.2) is 36.7 Å². The third-order valence-electron chi connectivity index (χ3n) is 2.31. The lowest BCUT2D eigenvalue weighted by Gasteiger charge is -2.05. The van der Waals surface area contributed by atoms with Crippen LogP contribution >= 0.6 is 0 Å². The zero-order chi connectivity index (χ0) is 13.3. The maximum absolute atomic E-state index is 11.5. The van der Waals surface area contributed by atoms with Crippen LogP contribution in [0.2, 0.25) is 0 Å². The minimum absolute atomic E-state index is 0.0322. The van der Waals surface area contributed by atoms with Gasteiger partial charge in [-0.25, -0.2) is 17.4 Å². The molecule has 0 atom stereocenters. The first kappa shape index (κ1) is 12.2. The van der Waals surface area contributed by atoms with E-state index in [4.69, 9.17) is 0 Å². The van der Waals surface area contributed by atoms with Gasteiger partial charge in [-0.05, 0) is 6.07 Å². The maximum atomic E-state index is 11.5. The van der Waals surface area contributed by atoms with E-state index in [0.717, 1.165) is 10.2 Å². The van der Waals surface area contributed by atoms with E-state index < -0.39 is 14.9 Å². The van der Waals surface area contributed by atoms with Gasteiger partial charge in [-0.15, -0.1) is 0 Å². The van der Waals surface area contributed by atoms with E-state index in [1.54, 1.807) is 6.07 Å². The number of hydrogen-bond acceptors (Lipinski definition) is 5. The van der Waals surface area contributed by atoms with Crippen LogP contribution in [0.25, 0.3) is 11.4 Å². The van der Waals surface area contributed by atoms with Gasteiger partial charge in [0.2, 0.25) is 10.0 Å². The van der Waals surface area contributed by atoms with Crippen LogP contribution in [-0.2, 0) is 10.0 Å². The molecule has 94 valence electrons. The predicted molar refractivity (Wildman–Crippen MR) is 64.6 cm³/mol. The molecular weight excluding hydrogens is 258 g/mol. The highest BCUT2D eigenvalue weighted by Crippen LogP contribution is 2.28. The zero-order valence-electron chi connectivity index (χ0n) is 9.35. The summed E-state index contributed by atoms with van der Waals surface area (Å²) in [7, 11) is -3.55. The summed E-state index contributed by atoms with van der Waals surface area (Å²) in [5.41, 5.74) is -0.0217. The van der Waals surface area contributed by atoms with Gasteiger partial charge in [-0.2, -0.15) is 0 Å². The van der Waals surface area contributed by atoms with Crippen molar-refractivity contribution in [3.63, 3.8) is 0 Å². The molecule has 0 saturated carbocycles. The van der Waals surface area contributed by atoms with Crippen molar-refractivity contribution in [2.24, 2.45) is 0 Å². The van der Waals surface area contributed by atoms with Gasteiger partial charge in [0.15, 0.2) is 5.82 Å². The highest BCUT2D eigenvalue weighted by molar-refractivity contribution is 7.89. The molecule has 18 heavy (non-hydrogen) atoms. The Morgan fingerprint density at radius 1 is 1.33 bits per heavy atom. The van der Waals surface area contributed by atoms with E-state index in [9.17, 15) is 18.5 Å². The van der Waals surface area contributed by atoms with Crippen LogP contribution in [0.4, 0.5) is 5.69 Å². The van der Waals surface area contributed by atoms with Gasteiger partial charge in [-0.3, -0.25) is 10.1 Å². The largest absolute Gasteiger partial charge is 0.280 e. The molecule has 2 aromatic rings. The number of benzene rings is 1. The van der Waals surface area contributed by atoms with Crippen LogP contribution in [0.1, 0.15) is 0 Å². The van der Waals surface area contributed by atoms with E-state index >= 15 is 0 Å². The van der Waals surface area contributed by atoms with Crippen LogP contribution in [0, 0.1) is 10.1 Å². The fraction of sp³-hybridized carbons (Fsp3) is 0.100. The summed E-state index contributed by atoms with van der Waals surface area (Å²) < 4.78 is 24.0. The molecule has 0 aliphatic rings. The Balaban J connectivity index is 2.71. The first-order valence-electron chi connectivity index (χ1n) is 4.89. The topological polar surface area (TPSA) is 95.1 Å². The van der Waals surface area contributed by atoms with E-state index in [0.29, 0.717) is 0 Å². The lowest BCUT2D eigenvalue weighted by atomic mass is 10.2. The van der Waals surface area contributed by atoms with Crippen molar-refractivity contribution in [2.75, 3.05) is 6.26 Å². The molecule has 0 radical (unpaired) electrons. The molecule has 0 aliphatic heterocycles. The SMILES string of the molecule is CS(=O)(=O)n1ccnc1-c1ccccc1[N+](=O)[O-]. The van der Waals surface area contributed by atoms with Crippen molar-refractivity contribution >= 4 is 15.7 Å². The van der Waals surface area contributed by atoms with Gasteiger partial charge < -0.3 is 0 Å². The fourth-order valence-corrected chi connectivity index (χ4v) is 2.30. The molecule has 0 fully saturated rings. The summed E-state index contributed by atoms with van der Waals surface area (Å²) in [6.07, 6.45) is 3.54. The second-order valence-electron chi connectivity index (χ2n) is 3.58. The Labute approximate surface area is 103 Å². The number of hydrogen-bond donors (Lipinski definition) is 0. The van der Waals surface area contributed by atoms with Crippen LogP contribution < -0.4 is 0 Å². The third kappa shape index (κ3) is 2.09. The molecule has 0 unspecified atom stereocenters. The minimum Gasteiger partial charge on any atom is -0.258 e. The van der Waals surface area contributed by atoms with Gasteiger partial charge in [-0.1, -0.05) is 12.1 Å². The Morgan fingerprint density at radius 3 is 2.61 bits per heavy atom. The van der Waals surface area contributed by atoms with Crippen molar-refractivity contribution in [1.29, 1.82) is 0 Å². The molecule has 0 spiro atoms. The van der Waals surface area contributed by atoms with E-state index in [1.165, 1.54) is 30.6 Å². The summed E-state index contributed by atoms with van der Waals surface area (Å²) in [5.74, 6) is 0.0322. The van der Waals surface area contributed by atoms with Gasteiger partial charge >= 0.3 is 0 Å². The van der Waals surface area contributed by atoms with Crippen LogP contribution in [-0.4, -0.2) is 28.6 Å². The smallest absolute Gasteiger partial charge is 0.258 e. The summed E-state index contributed by atoms with van der Waals surface area (Å²) >= 11 is 0. The van der Waals surface area contributed by atoms with Crippen LogP contribution in [0.3, 0.4) is 0 Å². The predicted octanol–water partition coefficient (Wildman–Crippen LogP) is 1.27. The number of para-hydroxylation sites is 1. The fourth-order valence-electron chi connectivity index (χ4n) is 1.57. The zero-order valence-corrected chi connectivity index (χ0v) is 10.2. The number of imidazole rings is 1. The first-order valence-corrected chi connectivity index (χ1v) is 6.74. The van der Waals surface area contributed by atoms with Crippen molar-refractivity contribution in [3.8, 4) is 11.4 Å². The normalized spacial score (nSPS) is 11.4. The Hall–Kier alpha value is -2.22. The molecule has 0 amide bonds. The second kappa shape index (κ2) is 4.22. The standard InChI is InChI=1S/C10H9N3O4S/c1-18(16,17)12-7-6-11-10(12)8-4-2-3-5-9(8)13(14)15/h2-7H,1H3. The Kier molecular flexibility index (Phi) is 2.87. The van der Waals surface area contributed by atoms with Crippen LogP contribution in [0.5, 0.6) is 0 Å². The van der Waals surface area contributed by atoms with Crippen molar-refractivity contribution < 1.29 is 13.3 Å². The summed E-state index contributed by atoms with van der Waals surface area (Å²) in [6.45, 7) is 0. The lowest BCUT2D eigenvalue weighted by molar-refractivity contribution is -0.384. The average molecular weight is 267 g/mol. The van der Waals surface area contributed by atoms with E-state index in [2.05, 4.69) is 4.98 Å². The second-order valence-corrected chi connectivity index (χ2v) is 5.44. The Morgan fingerprint density at radius 2 is 2.00 bits per heavy atom. The van der Waals surface area contributed by atoms with Gasteiger partial charge in [0.1, 0.15) is 0 Å². The number of nitro benzene ring substituents is 1. The van der Waals surface area contributed by atoms with Crippen molar-refractivity contribution in [1.82, 2.24) is 8.96 Å². The lowest BCUT2D eigenvalue weighted by Crippen LogP contribution is -2.11. The molecular formula is C10H9N3O4S. The molecule has 1 aromatic heterocycles. The van der Waals surface area contributed by atoms with Crippen molar-refractivity contribution in [2.45, 2.75) is 0 Å². The van der Waals surface area contributed by atoms with Gasteiger partial charge in [0.05, 0.1) is 16.7 Å². The molecule has 2 rings (SSSR count). The molecule has 0 N–H and O–H groups in total. The monoisotopic (exact) mass is 267 g/mol. The molecule has 0 bridgehead atoms. The molecule has 7 nitrogen and oxygen atoms in total. The van der Waals surface area contributed by atoms with E-state index in [1.807, 2.05) is 0 Å². The quantitative estimate of drug-likeness (QED) is 0.616. The van der Waals surface area contributed by atoms with Gasteiger partial charge in [0.25, 0.3) is 5.69 Å². The number of nitrogens with zero attached hydrogens (tertiary/aromatic N) is 3. The first-order chi connectivity index (χ1) is 8.41. The summed E-state index contributed by atoms with van der Waals surface area (Å²) in [5, 5.41) is 10.9. The summed E-state index contributed by atoms with van der Waals surface area (Å²) in [4.78, 5) is 14.2. The molecule has 8 heteroatoms. The third-order valence-corrected chi connectivity index (χ3v) is 3.32. The molecule has 1 heterocycles. The number of rotatable bonds is 3. The van der Waals surface area contributed by atoms with Gasteiger partial charge in [0, 0.05) is 18.5 Å². The Bertz CT molecular complexity index is 705. The number of nitro groups is 1. The average Bonchev–Trinajstić information content (AvgIpc) is 2.77. The molecule has 0 aliphatic carbocycles. The highest BCUT2D eigenvalue weighted by Gasteiger charge is 2.21. The molecule has 0 saturated heterocycles.